The van der Waals surface area contributed by atoms with Crippen LogP contribution in [0.3, 0.4) is 0 Å². The first-order chi connectivity index (χ1) is 6.16. The predicted molar refractivity (Wildman–Crippen MR) is 52.5 cm³/mol. The van der Waals surface area contributed by atoms with Gasteiger partial charge in [-0.05, 0) is 6.92 Å². The Morgan fingerprint density at radius 2 is 1.93 bits per heavy atom. The molecule has 0 unspecified atom stereocenters. The average molecular weight is 268 g/mol. The Balaban J connectivity index is 0.00000169. The van der Waals surface area contributed by atoms with Crippen molar-refractivity contribution in [3.8, 4) is 0 Å². The maximum Gasteiger partial charge on any atom is 0.102 e. The number of nitrogens with zero attached hydrogens (tertiary/aromatic N) is 1. The zero-order valence-electron chi connectivity index (χ0n) is 9.21. The highest BCUT2D eigenvalue weighted by Gasteiger charge is 2.28. The Labute approximate surface area is 97.4 Å². The highest BCUT2D eigenvalue weighted by atomic mass is 79.9. The third kappa shape index (κ3) is 4.73. The highest BCUT2D eigenvalue weighted by molar-refractivity contribution is 4.61. The lowest BCUT2D eigenvalue weighted by Crippen LogP contribution is -3.00. The van der Waals surface area contributed by atoms with Crippen molar-refractivity contribution in [1.82, 2.24) is 0 Å². The molecule has 0 aromatic carbocycles. The van der Waals surface area contributed by atoms with Crippen molar-refractivity contribution < 1.29 is 31.3 Å². The second kappa shape index (κ2) is 6.77. The maximum absolute atomic E-state index is 9.37. The molecule has 0 saturated carbocycles. The number of ether oxygens (including phenoxy) is 1. The Kier molecular flexibility index (Phi) is 6.95. The molecule has 14 heavy (non-hydrogen) atoms. The van der Waals surface area contributed by atoms with Crippen LogP contribution < -0.4 is 17.0 Å². The molecular formula is C10H22BrNO2. The van der Waals surface area contributed by atoms with Gasteiger partial charge < -0.3 is 31.3 Å². The minimum Gasteiger partial charge on any atom is -1.00 e. The van der Waals surface area contributed by atoms with Crippen LogP contribution in [-0.2, 0) is 4.74 Å². The maximum atomic E-state index is 9.37. The summed E-state index contributed by atoms with van der Waals surface area (Å²) >= 11 is 0. The number of likely N-dealkylation sites (tertiary alicyclic amines) is 1. The first-order valence-electron chi connectivity index (χ1n) is 5.26. The smallest absolute Gasteiger partial charge is 0.102 e. The quantitative estimate of drug-likeness (QED) is 0.456. The van der Waals surface area contributed by atoms with E-state index in [-0.39, 0.29) is 23.1 Å². The number of rotatable bonds is 4. The van der Waals surface area contributed by atoms with Gasteiger partial charge >= 0.3 is 0 Å². The Morgan fingerprint density at radius 1 is 1.36 bits per heavy atom. The van der Waals surface area contributed by atoms with Crippen LogP contribution in [0.25, 0.3) is 0 Å². The van der Waals surface area contributed by atoms with Gasteiger partial charge in [-0.25, -0.2) is 0 Å². The first kappa shape index (κ1) is 14.4. The third-order valence-electron chi connectivity index (χ3n) is 2.98. The summed E-state index contributed by atoms with van der Waals surface area (Å²) in [5.74, 6) is 0. The Bertz CT molecular complexity index is 147. The molecule has 0 bridgehead atoms. The van der Waals surface area contributed by atoms with Crippen molar-refractivity contribution in [2.75, 3.05) is 39.9 Å². The number of aliphatic hydroxyl groups excluding tert-OH is 1. The Morgan fingerprint density at radius 3 is 2.43 bits per heavy atom. The van der Waals surface area contributed by atoms with Gasteiger partial charge in [-0.2, -0.15) is 0 Å². The van der Waals surface area contributed by atoms with E-state index in [1.165, 1.54) is 0 Å². The largest absolute Gasteiger partial charge is 1.00 e. The molecule has 1 heterocycles. The topological polar surface area (TPSA) is 29.5 Å². The van der Waals surface area contributed by atoms with Crippen LogP contribution in [0, 0.1) is 0 Å². The molecule has 1 saturated heterocycles. The standard InChI is InChI=1S/C10H22NO2.BrH/c1-3-13-9-8-11(2)6-4-10(12)5-7-11;/h10,12H,3-9H2,1-2H3;1H/q+1;/p-1. The second-order valence-electron chi connectivity index (χ2n) is 4.22. The summed E-state index contributed by atoms with van der Waals surface area (Å²) in [5.41, 5.74) is 0. The summed E-state index contributed by atoms with van der Waals surface area (Å²) in [6.07, 6.45) is 1.84. The van der Waals surface area contributed by atoms with Crippen LogP contribution in [0.4, 0.5) is 0 Å². The van der Waals surface area contributed by atoms with Crippen molar-refractivity contribution in [2.24, 2.45) is 0 Å². The molecule has 4 heteroatoms. The molecule has 3 nitrogen and oxygen atoms in total. The monoisotopic (exact) mass is 267 g/mol. The molecule has 1 N–H and O–H groups in total. The summed E-state index contributed by atoms with van der Waals surface area (Å²) in [4.78, 5) is 0. The molecule has 1 rings (SSSR count). The summed E-state index contributed by atoms with van der Waals surface area (Å²) in [6.45, 7) is 6.95. The summed E-state index contributed by atoms with van der Waals surface area (Å²) in [7, 11) is 2.25. The van der Waals surface area contributed by atoms with Crippen molar-refractivity contribution in [2.45, 2.75) is 25.9 Å². The van der Waals surface area contributed by atoms with Crippen LogP contribution >= 0.6 is 0 Å². The van der Waals surface area contributed by atoms with Gasteiger partial charge in [0.15, 0.2) is 0 Å². The van der Waals surface area contributed by atoms with Gasteiger partial charge in [0, 0.05) is 19.4 Å². The lowest BCUT2D eigenvalue weighted by molar-refractivity contribution is -0.915. The van der Waals surface area contributed by atoms with E-state index in [0.717, 1.165) is 50.2 Å². The van der Waals surface area contributed by atoms with Crippen LogP contribution in [0.1, 0.15) is 19.8 Å². The fourth-order valence-electron chi connectivity index (χ4n) is 1.83. The average Bonchev–Trinajstić information content (AvgIpc) is 2.12. The van der Waals surface area contributed by atoms with Crippen molar-refractivity contribution >= 4 is 0 Å². The SMILES string of the molecule is CCOCC[N+]1(C)CCC(O)CC1.[Br-]. The van der Waals surface area contributed by atoms with E-state index >= 15 is 0 Å². The normalized spacial score (nSPS) is 32.4. The molecule has 1 fully saturated rings. The third-order valence-corrected chi connectivity index (χ3v) is 2.98. The zero-order chi connectivity index (χ0) is 9.73. The number of hydrogen-bond donors (Lipinski definition) is 1. The number of halogens is 1. The van der Waals surface area contributed by atoms with E-state index in [1.807, 2.05) is 6.92 Å². The van der Waals surface area contributed by atoms with E-state index in [9.17, 15) is 5.11 Å². The molecule has 0 aromatic heterocycles. The predicted octanol–water partition coefficient (Wildman–Crippen LogP) is -2.37. The summed E-state index contributed by atoms with van der Waals surface area (Å²) in [6, 6.07) is 0. The Hall–Kier alpha value is 0.360. The minimum absolute atomic E-state index is 0. The summed E-state index contributed by atoms with van der Waals surface area (Å²) in [5, 5.41) is 9.37. The van der Waals surface area contributed by atoms with Gasteiger partial charge in [0.25, 0.3) is 0 Å². The first-order valence-corrected chi connectivity index (χ1v) is 5.26. The fourth-order valence-corrected chi connectivity index (χ4v) is 1.83. The molecule has 0 atom stereocenters. The molecule has 1 aliphatic rings. The zero-order valence-corrected chi connectivity index (χ0v) is 10.8. The lowest BCUT2D eigenvalue weighted by atomic mass is 10.1. The van der Waals surface area contributed by atoms with Crippen LogP contribution in [0.5, 0.6) is 0 Å². The van der Waals surface area contributed by atoms with Gasteiger partial charge in [0.05, 0.1) is 32.8 Å². The van der Waals surface area contributed by atoms with E-state index in [1.54, 1.807) is 0 Å². The van der Waals surface area contributed by atoms with Gasteiger partial charge in [0.1, 0.15) is 6.54 Å². The van der Waals surface area contributed by atoms with E-state index in [2.05, 4.69) is 7.05 Å². The molecule has 0 radical (unpaired) electrons. The number of aliphatic hydroxyl groups is 1. The van der Waals surface area contributed by atoms with E-state index in [0.29, 0.717) is 0 Å². The second-order valence-corrected chi connectivity index (χ2v) is 4.22. The van der Waals surface area contributed by atoms with E-state index in [4.69, 9.17) is 4.74 Å². The number of piperidine rings is 1. The highest BCUT2D eigenvalue weighted by Crippen LogP contribution is 2.16. The molecule has 0 aliphatic carbocycles. The van der Waals surface area contributed by atoms with Gasteiger partial charge in [0.2, 0.25) is 0 Å². The summed E-state index contributed by atoms with van der Waals surface area (Å²) < 4.78 is 6.42. The molecule has 1 aliphatic heterocycles. The van der Waals surface area contributed by atoms with Gasteiger partial charge in [-0.1, -0.05) is 0 Å². The molecule has 0 aromatic rings. The molecule has 0 amide bonds. The fraction of sp³-hybridized carbons (Fsp3) is 1.00. The molecule has 86 valence electrons. The van der Waals surface area contributed by atoms with E-state index < -0.39 is 0 Å². The molecular weight excluding hydrogens is 246 g/mol. The number of likely N-dealkylation sites (N-methyl/N-ethyl adjacent to an activating group) is 1. The van der Waals surface area contributed by atoms with Crippen molar-refractivity contribution in [3.05, 3.63) is 0 Å². The van der Waals surface area contributed by atoms with Crippen LogP contribution in [0.15, 0.2) is 0 Å². The lowest BCUT2D eigenvalue weighted by Gasteiger charge is -2.39. The van der Waals surface area contributed by atoms with Crippen molar-refractivity contribution in [3.63, 3.8) is 0 Å². The van der Waals surface area contributed by atoms with Crippen LogP contribution in [0.2, 0.25) is 0 Å². The molecule has 0 spiro atoms. The van der Waals surface area contributed by atoms with Gasteiger partial charge in [-0.3, -0.25) is 0 Å². The minimum atomic E-state index is -0.0571. The number of hydrogen-bond acceptors (Lipinski definition) is 2. The number of quaternary nitrogens is 1. The van der Waals surface area contributed by atoms with Gasteiger partial charge in [-0.15, -0.1) is 0 Å². The van der Waals surface area contributed by atoms with Crippen molar-refractivity contribution in [1.29, 1.82) is 0 Å². The van der Waals surface area contributed by atoms with Crippen LogP contribution in [-0.4, -0.2) is 55.6 Å².